The summed E-state index contributed by atoms with van der Waals surface area (Å²) >= 11 is 0. The first-order valence-corrected chi connectivity index (χ1v) is 6.84. The predicted octanol–water partition coefficient (Wildman–Crippen LogP) is 2.28. The van der Waals surface area contributed by atoms with Gasteiger partial charge in [0.15, 0.2) is 5.78 Å². The zero-order chi connectivity index (χ0) is 16.5. The molecule has 1 aromatic carbocycles. The highest BCUT2D eigenvalue weighted by Crippen LogP contribution is 2.14. The molecule has 0 aliphatic heterocycles. The van der Waals surface area contributed by atoms with E-state index in [-0.39, 0.29) is 31.2 Å². The van der Waals surface area contributed by atoms with E-state index in [4.69, 9.17) is 4.74 Å². The molecule has 0 saturated carbocycles. The third kappa shape index (κ3) is 5.40. The summed E-state index contributed by atoms with van der Waals surface area (Å²) in [5.41, 5.74) is 0.682. The van der Waals surface area contributed by atoms with Gasteiger partial charge in [-0.2, -0.15) is 0 Å². The standard InChI is InChI=1S/C16H18O6/c1-3-21-15(19)9-13(17)11-5-7-12(8-6-11)14(18)10-16(20)22-4-2/h5-9,17H,3-4,10H2,1-2H3/b13-9-. The van der Waals surface area contributed by atoms with Gasteiger partial charge in [-0.3, -0.25) is 9.59 Å². The monoisotopic (exact) mass is 306 g/mol. The minimum Gasteiger partial charge on any atom is -0.507 e. The van der Waals surface area contributed by atoms with Crippen LogP contribution in [-0.4, -0.2) is 36.0 Å². The second-order valence-corrected chi connectivity index (χ2v) is 4.26. The van der Waals surface area contributed by atoms with E-state index < -0.39 is 11.9 Å². The third-order valence-corrected chi connectivity index (χ3v) is 2.65. The number of ketones is 1. The van der Waals surface area contributed by atoms with Crippen molar-refractivity contribution in [3.8, 4) is 0 Å². The Morgan fingerprint density at radius 3 is 2.09 bits per heavy atom. The summed E-state index contributed by atoms with van der Waals surface area (Å²) in [7, 11) is 0. The van der Waals surface area contributed by atoms with Crippen molar-refractivity contribution >= 4 is 23.5 Å². The number of carbonyl (C=O) groups excluding carboxylic acids is 3. The van der Waals surface area contributed by atoms with Crippen LogP contribution in [0.2, 0.25) is 0 Å². The summed E-state index contributed by atoms with van der Waals surface area (Å²) in [5, 5.41) is 9.76. The van der Waals surface area contributed by atoms with E-state index in [1.807, 2.05) is 0 Å². The number of Topliss-reactive ketones (excluding diaryl/α,β-unsaturated/α-hetero) is 1. The molecule has 0 amide bonds. The molecular formula is C16H18O6. The first-order chi connectivity index (χ1) is 10.5. The second kappa shape index (κ2) is 8.61. The van der Waals surface area contributed by atoms with Crippen molar-refractivity contribution in [1.82, 2.24) is 0 Å². The number of carbonyl (C=O) groups is 3. The Morgan fingerprint density at radius 1 is 1.00 bits per heavy atom. The van der Waals surface area contributed by atoms with Gasteiger partial charge in [0, 0.05) is 11.1 Å². The number of ether oxygens (including phenoxy) is 2. The van der Waals surface area contributed by atoms with E-state index in [9.17, 15) is 19.5 Å². The molecule has 1 aromatic rings. The zero-order valence-corrected chi connectivity index (χ0v) is 12.5. The molecule has 6 nitrogen and oxygen atoms in total. The SMILES string of the molecule is CCOC(=O)/C=C(\O)c1ccc(C(=O)CC(=O)OCC)cc1. The zero-order valence-electron chi connectivity index (χ0n) is 12.5. The summed E-state index contributed by atoms with van der Waals surface area (Å²) in [6, 6.07) is 5.88. The summed E-state index contributed by atoms with van der Waals surface area (Å²) in [5.74, 6) is -1.87. The van der Waals surface area contributed by atoms with Crippen molar-refractivity contribution < 1.29 is 29.0 Å². The van der Waals surface area contributed by atoms with E-state index >= 15 is 0 Å². The van der Waals surface area contributed by atoms with Crippen LogP contribution in [0.5, 0.6) is 0 Å². The largest absolute Gasteiger partial charge is 0.507 e. The molecule has 6 heteroatoms. The second-order valence-electron chi connectivity index (χ2n) is 4.26. The molecule has 118 valence electrons. The molecule has 0 heterocycles. The normalized spacial score (nSPS) is 10.9. The number of hydrogen-bond acceptors (Lipinski definition) is 6. The van der Waals surface area contributed by atoms with Crippen LogP contribution >= 0.6 is 0 Å². The molecule has 0 spiro atoms. The number of rotatable bonds is 7. The van der Waals surface area contributed by atoms with Gasteiger partial charge in [-0.1, -0.05) is 24.3 Å². The minimum absolute atomic E-state index is 0.212. The molecule has 0 radical (unpaired) electrons. The highest BCUT2D eigenvalue weighted by atomic mass is 16.5. The van der Waals surface area contributed by atoms with Crippen molar-refractivity contribution in [2.45, 2.75) is 20.3 Å². The maximum Gasteiger partial charge on any atom is 0.334 e. The summed E-state index contributed by atoms with van der Waals surface area (Å²) in [6.45, 7) is 3.75. The molecule has 1 rings (SSSR count). The Kier molecular flexibility index (Phi) is 6.82. The van der Waals surface area contributed by atoms with Gasteiger partial charge in [0.2, 0.25) is 0 Å². The average molecular weight is 306 g/mol. The first-order valence-electron chi connectivity index (χ1n) is 6.84. The van der Waals surface area contributed by atoms with Gasteiger partial charge in [-0.05, 0) is 13.8 Å². The van der Waals surface area contributed by atoms with E-state index in [0.29, 0.717) is 11.1 Å². The van der Waals surface area contributed by atoms with Crippen molar-refractivity contribution in [2.75, 3.05) is 13.2 Å². The smallest absolute Gasteiger partial charge is 0.334 e. The summed E-state index contributed by atoms with van der Waals surface area (Å²) in [4.78, 5) is 34.3. The molecule has 0 atom stereocenters. The van der Waals surface area contributed by atoms with Crippen LogP contribution in [0.1, 0.15) is 36.2 Å². The van der Waals surface area contributed by atoms with E-state index in [1.54, 1.807) is 13.8 Å². The fraction of sp³-hybridized carbons (Fsp3) is 0.312. The number of esters is 2. The highest BCUT2D eigenvalue weighted by Gasteiger charge is 2.13. The first kappa shape index (κ1) is 17.4. The Bertz CT molecular complexity index is 571. The number of aliphatic hydroxyl groups excluding tert-OH is 1. The van der Waals surface area contributed by atoms with Gasteiger partial charge in [-0.15, -0.1) is 0 Å². The summed E-state index contributed by atoms with van der Waals surface area (Å²) in [6.07, 6.45) is 0.622. The van der Waals surface area contributed by atoms with E-state index in [1.165, 1.54) is 24.3 Å². The Morgan fingerprint density at radius 2 is 1.55 bits per heavy atom. The lowest BCUT2D eigenvalue weighted by Gasteiger charge is -2.04. The van der Waals surface area contributed by atoms with Gasteiger partial charge in [-0.25, -0.2) is 4.79 Å². The van der Waals surface area contributed by atoms with Gasteiger partial charge >= 0.3 is 11.9 Å². The Hall–Kier alpha value is -2.63. The maximum atomic E-state index is 11.8. The lowest BCUT2D eigenvalue weighted by atomic mass is 10.1. The maximum absolute atomic E-state index is 11.8. The molecule has 0 unspecified atom stereocenters. The van der Waals surface area contributed by atoms with Crippen LogP contribution in [-0.2, 0) is 19.1 Å². The van der Waals surface area contributed by atoms with Crippen LogP contribution in [0.15, 0.2) is 30.3 Å². The van der Waals surface area contributed by atoms with Gasteiger partial charge in [0.05, 0.1) is 19.3 Å². The molecule has 0 aliphatic rings. The van der Waals surface area contributed by atoms with Gasteiger partial charge < -0.3 is 14.6 Å². The molecule has 22 heavy (non-hydrogen) atoms. The molecule has 0 aromatic heterocycles. The van der Waals surface area contributed by atoms with Gasteiger partial charge in [0.25, 0.3) is 0 Å². The van der Waals surface area contributed by atoms with Crippen molar-refractivity contribution in [3.05, 3.63) is 41.5 Å². The van der Waals surface area contributed by atoms with E-state index in [0.717, 1.165) is 6.08 Å². The van der Waals surface area contributed by atoms with Crippen molar-refractivity contribution in [3.63, 3.8) is 0 Å². The quantitative estimate of drug-likeness (QED) is 0.273. The number of hydrogen-bond donors (Lipinski definition) is 1. The average Bonchev–Trinajstić information content (AvgIpc) is 2.47. The van der Waals surface area contributed by atoms with E-state index in [2.05, 4.69) is 4.74 Å². The van der Waals surface area contributed by atoms with Crippen molar-refractivity contribution in [1.29, 1.82) is 0 Å². The lowest BCUT2D eigenvalue weighted by Crippen LogP contribution is -2.11. The topological polar surface area (TPSA) is 89.9 Å². The van der Waals surface area contributed by atoms with Crippen LogP contribution in [0.3, 0.4) is 0 Å². The number of benzene rings is 1. The molecule has 1 N–H and O–H groups in total. The predicted molar refractivity (Wildman–Crippen MR) is 79.3 cm³/mol. The fourth-order valence-electron chi connectivity index (χ4n) is 1.65. The molecule has 0 aliphatic carbocycles. The lowest BCUT2D eigenvalue weighted by molar-refractivity contribution is -0.142. The van der Waals surface area contributed by atoms with Crippen LogP contribution in [0, 0.1) is 0 Å². The fourth-order valence-corrected chi connectivity index (χ4v) is 1.65. The van der Waals surface area contributed by atoms with Crippen LogP contribution in [0.4, 0.5) is 0 Å². The Labute approximate surface area is 128 Å². The molecule has 0 bridgehead atoms. The number of aliphatic hydroxyl groups is 1. The van der Waals surface area contributed by atoms with Crippen LogP contribution < -0.4 is 0 Å². The van der Waals surface area contributed by atoms with Crippen LogP contribution in [0.25, 0.3) is 5.76 Å². The highest BCUT2D eigenvalue weighted by molar-refractivity contribution is 6.06. The van der Waals surface area contributed by atoms with Gasteiger partial charge in [0.1, 0.15) is 12.2 Å². The minimum atomic E-state index is -0.650. The van der Waals surface area contributed by atoms with Crippen molar-refractivity contribution in [2.24, 2.45) is 0 Å². The third-order valence-electron chi connectivity index (χ3n) is 2.65. The molecular weight excluding hydrogens is 288 g/mol. The molecule has 0 fully saturated rings. The molecule has 0 saturated heterocycles. The summed E-state index contributed by atoms with van der Waals surface area (Å²) < 4.78 is 9.38. The Balaban J connectivity index is 2.76.